The number of nitrogens with zero attached hydrogens (tertiary/aromatic N) is 8. The molecule has 0 bridgehead atoms. The molecule has 3 aliphatic heterocycles. The van der Waals surface area contributed by atoms with Crippen LogP contribution in [0, 0.1) is 0 Å². The Bertz CT molecular complexity index is 1490. The highest BCUT2D eigenvalue weighted by Crippen LogP contribution is 2.33. The summed E-state index contributed by atoms with van der Waals surface area (Å²) in [6, 6.07) is 5.05. The molecule has 230 valence electrons. The highest BCUT2D eigenvalue weighted by molar-refractivity contribution is 5.84. The van der Waals surface area contributed by atoms with Crippen LogP contribution >= 0.6 is 0 Å². The number of hydrogen-bond donors (Lipinski definition) is 2. The van der Waals surface area contributed by atoms with Gasteiger partial charge < -0.3 is 30.2 Å². The van der Waals surface area contributed by atoms with Crippen LogP contribution in [-0.4, -0.2) is 108 Å². The largest absolute Gasteiger partial charge is 0.494 e. The zero-order valence-electron chi connectivity index (χ0n) is 24.1. The Balaban J connectivity index is 1.29. The van der Waals surface area contributed by atoms with Crippen molar-refractivity contribution in [1.29, 1.82) is 0 Å². The number of nitrogens with one attached hydrogen (secondary N) is 1. The number of ether oxygens (including phenoxy) is 3. The molecule has 1 atom stereocenters. The summed E-state index contributed by atoms with van der Waals surface area (Å²) in [5.41, 5.74) is 6.32. The van der Waals surface area contributed by atoms with Crippen LogP contribution in [-0.2, 0) is 15.0 Å². The average Bonchev–Trinajstić information content (AvgIpc) is 3.45. The number of methoxy groups -OCH3 is 1. The third-order valence-corrected chi connectivity index (χ3v) is 7.74. The van der Waals surface area contributed by atoms with Gasteiger partial charge in [-0.1, -0.05) is 6.07 Å². The van der Waals surface area contributed by atoms with Gasteiger partial charge in [-0.2, -0.15) is 15.0 Å². The van der Waals surface area contributed by atoms with E-state index in [0.29, 0.717) is 49.9 Å². The minimum Gasteiger partial charge on any atom is -0.494 e. The van der Waals surface area contributed by atoms with Gasteiger partial charge in [-0.3, -0.25) is 9.47 Å². The Morgan fingerprint density at radius 2 is 1.77 bits per heavy atom. The molecule has 1 aromatic carbocycles. The number of halogens is 2. The minimum absolute atomic E-state index is 0.00761. The Labute approximate surface area is 247 Å². The lowest BCUT2D eigenvalue weighted by Gasteiger charge is -2.30. The number of aliphatic imine (C=N–C) groups is 1. The number of fused-ring (bicyclic) bond motifs is 1. The number of para-hydroxylation sites is 1. The first-order valence-corrected chi connectivity index (χ1v) is 14.5. The first kappa shape index (κ1) is 29.3. The minimum atomic E-state index is -2.90. The zero-order valence-corrected chi connectivity index (χ0v) is 24.1. The summed E-state index contributed by atoms with van der Waals surface area (Å²) in [7, 11) is 1.47. The highest BCUT2D eigenvalue weighted by Gasteiger charge is 2.34. The molecule has 0 saturated carbocycles. The molecule has 43 heavy (non-hydrogen) atoms. The van der Waals surface area contributed by atoms with E-state index in [0.717, 1.165) is 51.6 Å². The highest BCUT2D eigenvalue weighted by atomic mass is 19.3. The zero-order chi connectivity index (χ0) is 29.8. The SMILES string of the molecule is COc1cccc2c1nc(C(F)F)n2-c1nc(N2CCOCC2)nc(C2(N)C=NC(NCCCN3CCOCC3)=CC2)n1. The lowest BCUT2D eigenvalue weighted by molar-refractivity contribution is 0.0375. The normalized spacial score (nSPS) is 21.4. The molecule has 0 amide bonds. The van der Waals surface area contributed by atoms with Crippen molar-refractivity contribution >= 4 is 23.2 Å². The molecule has 6 rings (SSSR count). The van der Waals surface area contributed by atoms with Crippen LogP contribution in [0.25, 0.3) is 17.0 Å². The molecular formula is C28H36F2N10O3. The molecule has 2 saturated heterocycles. The molecular weight excluding hydrogens is 562 g/mol. The van der Waals surface area contributed by atoms with Gasteiger partial charge in [-0.15, -0.1) is 0 Å². The molecule has 5 heterocycles. The molecule has 0 aliphatic carbocycles. The van der Waals surface area contributed by atoms with E-state index in [9.17, 15) is 8.78 Å². The van der Waals surface area contributed by atoms with Gasteiger partial charge in [0, 0.05) is 38.9 Å². The van der Waals surface area contributed by atoms with Crippen molar-refractivity contribution in [2.45, 2.75) is 24.8 Å². The van der Waals surface area contributed by atoms with Gasteiger partial charge >= 0.3 is 0 Å². The first-order valence-electron chi connectivity index (χ1n) is 14.5. The van der Waals surface area contributed by atoms with E-state index < -0.39 is 17.8 Å². The van der Waals surface area contributed by atoms with Gasteiger partial charge in [0.05, 0.1) is 39.1 Å². The van der Waals surface area contributed by atoms with Gasteiger partial charge in [-0.05, 0) is 37.6 Å². The van der Waals surface area contributed by atoms with E-state index in [1.807, 2.05) is 11.0 Å². The lowest BCUT2D eigenvalue weighted by Crippen LogP contribution is -2.44. The third kappa shape index (κ3) is 6.30. The maximum absolute atomic E-state index is 14.4. The maximum Gasteiger partial charge on any atom is 0.296 e. The van der Waals surface area contributed by atoms with Gasteiger partial charge in [0.15, 0.2) is 11.6 Å². The molecule has 3 aromatic rings. The van der Waals surface area contributed by atoms with Crippen molar-refractivity contribution in [1.82, 2.24) is 34.7 Å². The van der Waals surface area contributed by atoms with E-state index in [4.69, 9.17) is 24.9 Å². The lowest BCUT2D eigenvalue weighted by atomic mass is 9.95. The van der Waals surface area contributed by atoms with Gasteiger partial charge in [0.1, 0.15) is 22.6 Å². The van der Waals surface area contributed by atoms with Crippen molar-refractivity contribution in [2.24, 2.45) is 10.7 Å². The number of alkyl halides is 2. The van der Waals surface area contributed by atoms with Crippen LogP contribution in [0.2, 0.25) is 0 Å². The third-order valence-electron chi connectivity index (χ3n) is 7.74. The second kappa shape index (κ2) is 12.8. The van der Waals surface area contributed by atoms with Crippen LogP contribution in [0.3, 0.4) is 0 Å². The topological polar surface area (TPSA) is 141 Å². The van der Waals surface area contributed by atoms with Crippen LogP contribution in [0.1, 0.15) is 30.9 Å². The standard InChI is InChI=1S/C28H36F2N10O3/c1-41-20-5-2-4-19-22(20)34-24(23(29)30)40(19)27-36-25(35-26(37-27)39-12-16-43-17-13-39)28(31)7-6-21(33-18-28)32-8-3-9-38-10-14-42-15-11-38/h2,4-6,18,23,32H,3,7-17,31H2,1H3. The summed E-state index contributed by atoms with van der Waals surface area (Å²) in [6.45, 7) is 7.27. The van der Waals surface area contributed by atoms with Crippen molar-refractivity contribution in [3.05, 3.63) is 41.7 Å². The number of morpholine rings is 2. The number of nitrogens with two attached hydrogens (primary N) is 1. The van der Waals surface area contributed by atoms with Crippen molar-refractivity contribution < 1.29 is 23.0 Å². The molecule has 1 unspecified atom stereocenters. The quantitative estimate of drug-likeness (QED) is 0.330. The average molecular weight is 599 g/mol. The fourth-order valence-corrected chi connectivity index (χ4v) is 5.35. The molecule has 3 aliphatic rings. The number of anilines is 1. The molecule has 0 radical (unpaired) electrons. The predicted octanol–water partition coefficient (Wildman–Crippen LogP) is 1.78. The summed E-state index contributed by atoms with van der Waals surface area (Å²) in [5.74, 6) is 1.12. The number of hydrogen-bond acceptors (Lipinski definition) is 12. The number of rotatable bonds is 10. The number of aromatic nitrogens is 5. The van der Waals surface area contributed by atoms with Gasteiger partial charge in [0.2, 0.25) is 11.9 Å². The summed E-state index contributed by atoms with van der Waals surface area (Å²) in [4.78, 5) is 27.1. The molecule has 13 nitrogen and oxygen atoms in total. The van der Waals surface area contributed by atoms with Crippen LogP contribution in [0.4, 0.5) is 14.7 Å². The Kier molecular flexibility index (Phi) is 8.74. The summed E-state index contributed by atoms with van der Waals surface area (Å²) >= 11 is 0. The van der Waals surface area contributed by atoms with E-state index in [1.165, 1.54) is 11.7 Å². The van der Waals surface area contributed by atoms with Crippen LogP contribution < -0.4 is 20.7 Å². The second-order valence-electron chi connectivity index (χ2n) is 10.6. The second-order valence-corrected chi connectivity index (χ2v) is 10.6. The van der Waals surface area contributed by atoms with Crippen LogP contribution in [0.5, 0.6) is 5.75 Å². The van der Waals surface area contributed by atoms with Gasteiger partial charge in [0.25, 0.3) is 6.43 Å². The van der Waals surface area contributed by atoms with E-state index in [1.54, 1.807) is 24.4 Å². The number of imidazole rings is 1. The predicted molar refractivity (Wildman–Crippen MR) is 156 cm³/mol. The van der Waals surface area contributed by atoms with Crippen LogP contribution in [0.15, 0.2) is 35.1 Å². The molecule has 2 aromatic heterocycles. The summed E-state index contributed by atoms with van der Waals surface area (Å²) < 4.78 is 46.3. The molecule has 3 N–H and O–H groups in total. The number of benzene rings is 1. The summed E-state index contributed by atoms with van der Waals surface area (Å²) in [5, 5.41) is 3.36. The molecule has 15 heteroatoms. The van der Waals surface area contributed by atoms with Crippen molar-refractivity contribution in [3.63, 3.8) is 0 Å². The maximum atomic E-state index is 14.4. The van der Waals surface area contributed by atoms with E-state index >= 15 is 0 Å². The Morgan fingerprint density at radius 3 is 2.47 bits per heavy atom. The smallest absolute Gasteiger partial charge is 0.296 e. The van der Waals surface area contributed by atoms with Crippen molar-refractivity contribution in [2.75, 3.05) is 77.7 Å². The Hall–Kier alpha value is -3.79. The fourth-order valence-electron chi connectivity index (χ4n) is 5.35. The molecule has 0 spiro atoms. The summed E-state index contributed by atoms with van der Waals surface area (Å²) in [6.07, 6.45) is 1.95. The van der Waals surface area contributed by atoms with E-state index in [-0.39, 0.29) is 17.3 Å². The monoisotopic (exact) mass is 598 g/mol. The van der Waals surface area contributed by atoms with Gasteiger partial charge in [-0.25, -0.2) is 18.8 Å². The van der Waals surface area contributed by atoms with Crippen molar-refractivity contribution in [3.8, 4) is 11.7 Å². The fraction of sp³-hybridized carbons (Fsp3) is 0.536. The molecule has 2 fully saturated rings. The van der Waals surface area contributed by atoms with E-state index in [2.05, 4.69) is 30.2 Å². The first-order chi connectivity index (χ1) is 20.9. The Morgan fingerprint density at radius 1 is 1.02 bits per heavy atom.